The Bertz CT molecular complexity index is 6540. The molecule has 2 unspecified atom stereocenters. The highest BCUT2D eigenvalue weighted by molar-refractivity contribution is 7.68. The van der Waals surface area contributed by atoms with Gasteiger partial charge in [-0.1, -0.05) is 256 Å². The second-order valence-electron chi connectivity index (χ2n) is 28.9. The van der Waals surface area contributed by atoms with Gasteiger partial charge < -0.3 is 28.4 Å². The molecule has 0 amide bonds. The number of hydrogen-bond acceptors (Lipinski definition) is 6. The van der Waals surface area contributed by atoms with Gasteiger partial charge in [-0.3, -0.25) is 0 Å². The summed E-state index contributed by atoms with van der Waals surface area (Å²) in [6.45, 7) is 2.37. The Kier molecular flexibility index (Phi) is 18.6. The summed E-state index contributed by atoms with van der Waals surface area (Å²) in [5, 5.41) is 11.5. The van der Waals surface area contributed by atoms with Crippen LogP contribution in [0.4, 0.5) is 68.2 Å². The summed E-state index contributed by atoms with van der Waals surface area (Å²) in [4.78, 5) is 9.19. The van der Waals surface area contributed by atoms with Crippen molar-refractivity contribution in [3.63, 3.8) is 0 Å². The molecule has 8 heteroatoms. The van der Waals surface area contributed by atoms with Crippen LogP contribution in [0.2, 0.25) is 0 Å². The van der Waals surface area contributed by atoms with Crippen molar-refractivity contribution in [2.45, 2.75) is 0 Å². The minimum Gasteiger partial charge on any atom is -0.455 e. The third-order valence-corrected chi connectivity index (χ3v) is 26.7. The van der Waals surface area contributed by atoms with Crippen molar-refractivity contribution in [3.05, 3.63) is 443 Å². The molecule has 2 atom stereocenters. The fourth-order valence-corrected chi connectivity index (χ4v) is 21.2. The van der Waals surface area contributed by atoms with Crippen molar-refractivity contribution in [2.75, 3.05) is 19.6 Å². The maximum Gasteiger partial charge on any atom is 0.147 e. The third-order valence-electron chi connectivity index (χ3n) is 21.9. The maximum atomic E-state index is 6.87. The zero-order valence-corrected chi connectivity index (χ0v) is 64.9. The first-order valence-corrected chi connectivity index (χ1v) is 42.1. The van der Waals surface area contributed by atoms with E-state index < -0.39 is 15.1 Å². The molecule has 21 rings (SSSR count). The Morgan fingerprint density at radius 3 is 0.704 bits per heavy atom. The summed E-state index contributed by atoms with van der Waals surface area (Å²) in [6.07, 6.45) is 0. The molecular formula is C107H76N4O2P2. The van der Waals surface area contributed by atoms with Gasteiger partial charge in [-0.15, -0.1) is 7.53 Å². The van der Waals surface area contributed by atoms with Crippen LogP contribution in [0.5, 0.6) is 0 Å². The van der Waals surface area contributed by atoms with Gasteiger partial charge in [0.25, 0.3) is 0 Å². The van der Waals surface area contributed by atoms with Crippen molar-refractivity contribution in [2.24, 2.45) is 6.66 Å². The van der Waals surface area contributed by atoms with Crippen molar-refractivity contribution in [1.29, 1.82) is 0 Å². The highest BCUT2D eigenvalue weighted by Crippen LogP contribution is 2.59. The van der Waals surface area contributed by atoms with Gasteiger partial charge in [-0.2, -0.15) is 0 Å². The first-order valence-electron chi connectivity index (χ1n) is 39.0. The molecule has 546 valence electrons. The Morgan fingerprint density at radius 2 is 0.409 bits per heavy atom. The molecule has 0 saturated carbocycles. The van der Waals surface area contributed by atoms with Crippen molar-refractivity contribution < 1.29 is 8.83 Å². The fourth-order valence-electron chi connectivity index (χ4n) is 16.4. The van der Waals surface area contributed by atoms with E-state index in [4.69, 9.17) is 8.83 Å². The van der Waals surface area contributed by atoms with Crippen LogP contribution in [0.3, 0.4) is 0 Å². The molecule has 6 nitrogen and oxygen atoms in total. The zero-order valence-electron chi connectivity index (χ0n) is 63.1. The first kappa shape index (κ1) is 69.8. The number of anilines is 12. The molecule has 115 heavy (non-hydrogen) atoms. The van der Waals surface area contributed by atoms with Crippen LogP contribution in [0.1, 0.15) is 0 Å². The topological polar surface area (TPSA) is 39.2 Å². The number of nitrogens with zero attached hydrogens (tertiary/aromatic N) is 4. The minimum absolute atomic E-state index is 0.560. The lowest BCUT2D eigenvalue weighted by molar-refractivity contribution is 0.673. The van der Waals surface area contributed by atoms with E-state index in [1.54, 1.807) is 0 Å². The van der Waals surface area contributed by atoms with Gasteiger partial charge in [-0.05, 0) is 251 Å². The monoisotopic (exact) mass is 1510 g/mol. The Balaban J connectivity index is 0.000000149. The standard InChI is InChI=1S/C56H39N2OP.C51H37N2OP/c1-6-16-44(17-7-1)57(45-18-8-2-9-19-45)48-32-26-40(27-33-48)42-30-36-53-51(38-42)56-55(59-53)52-39-43(31-37-54(52)60(56)50-24-14-5-15-25-50)41-28-34-49(35-29-41)58(46-20-10-3-11-21-46)47-22-12-4-13-23-47;1-55-49-33-27-39(37-24-30-45(31-25-37)53(42-18-10-4-11-19-42)43-20-12-5-13-21-43)35-47(49)50-51(55)46-34-38(26-32-48(46)54-50)36-22-28-44(29-23-36)52(40-14-6-2-7-15-40)41-16-8-3-9-17-41/h1-39H;2-35H,1H3. The van der Waals surface area contributed by atoms with Gasteiger partial charge in [0.15, 0.2) is 0 Å². The summed E-state index contributed by atoms with van der Waals surface area (Å²) >= 11 is 0. The van der Waals surface area contributed by atoms with Gasteiger partial charge >= 0.3 is 0 Å². The molecule has 0 saturated heterocycles. The minimum atomic E-state index is -0.835. The number of hydrogen-bond donors (Lipinski definition) is 0. The molecule has 4 aromatic heterocycles. The van der Waals surface area contributed by atoms with Crippen LogP contribution in [-0.4, -0.2) is 0 Å². The van der Waals surface area contributed by atoms with Gasteiger partial charge in [0.2, 0.25) is 0 Å². The van der Waals surface area contributed by atoms with E-state index in [1.807, 2.05) is 0 Å². The second-order valence-corrected chi connectivity index (χ2v) is 33.1. The van der Waals surface area contributed by atoms with Crippen LogP contribution in [-0.2, 0) is 6.66 Å². The Hall–Kier alpha value is -14.4. The van der Waals surface area contributed by atoms with E-state index in [0.717, 1.165) is 90.6 Å². The number of aryl methyl sites for hydroxylation is 1. The Labute approximate surface area is 670 Å². The highest BCUT2D eigenvalue weighted by Gasteiger charge is 2.25. The normalized spacial score (nSPS) is 11.7. The van der Waals surface area contributed by atoms with Crippen LogP contribution < -0.4 is 19.6 Å². The quantitative estimate of drug-likeness (QED) is 0.0905. The van der Waals surface area contributed by atoms with Gasteiger partial charge in [-0.25, -0.2) is 0 Å². The lowest BCUT2D eigenvalue weighted by Gasteiger charge is -2.25. The summed E-state index contributed by atoms with van der Waals surface area (Å²) in [6, 6.07) is 158. The van der Waals surface area contributed by atoms with E-state index in [-0.39, 0.29) is 0 Å². The van der Waals surface area contributed by atoms with Gasteiger partial charge in [0.05, 0.1) is 5.12 Å². The summed E-state index contributed by atoms with van der Waals surface area (Å²) in [5.41, 5.74) is 26.8. The number of benzene rings is 17. The molecule has 21 aromatic rings. The largest absolute Gasteiger partial charge is 0.455 e. The van der Waals surface area contributed by atoms with Crippen LogP contribution in [0.15, 0.2) is 452 Å². The smallest absolute Gasteiger partial charge is 0.147 e. The number of rotatable bonds is 17. The lowest BCUT2D eigenvalue weighted by atomic mass is 10.0. The molecule has 0 radical (unpaired) electrons. The lowest BCUT2D eigenvalue weighted by Crippen LogP contribution is -2.09. The van der Waals surface area contributed by atoms with E-state index in [1.165, 1.54) is 91.8 Å². The number of fused-ring (bicyclic) bond motifs is 10. The van der Waals surface area contributed by atoms with E-state index in [9.17, 15) is 0 Å². The molecule has 0 aliphatic heterocycles. The average molecular weight is 1510 g/mol. The van der Waals surface area contributed by atoms with Crippen molar-refractivity contribution in [1.82, 2.24) is 0 Å². The summed E-state index contributed by atoms with van der Waals surface area (Å²) in [5.74, 6) is 0. The van der Waals surface area contributed by atoms with E-state index in [2.05, 4.69) is 469 Å². The number of furan rings is 2. The molecule has 0 aliphatic carbocycles. The van der Waals surface area contributed by atoms with Crippen LogP contribution in [0.25, 0.3) is 114 Å². The van der Waals surface area contributed by atoms with Crippen LogP contribution in [0, 0.1) is 0 Å². The predicted molar refractivity (Wildman–Crippen MR) is 491 cm³/mol. The highest BCUT2D eigenvalue weighted by atomic mass is 31.1. The van der Waals surface area contributed by atoms with Crippen LogP contribution >= 0.6 is 15.1 Å². The molecule has 4 heterocycles. The third kappa shape index (κ3) is 13.5. The zero-order chi connectivity index (χ0) is 76.5. The van der Waals surface area contributed by atoms with Gasteiger partial charge in [0, 0.05) is 105 Å². The molecule has 17 aromatic carbocycles. The second kappa shape index (κ2) is 30.7. The fraction of sp³-hybridized carbons (Fsp3) is 0.00935. The summed E-state index contributed by atoms with van der Waals surface area (Å²) < 4.78 is 13.6. The molecule has 0 N–H and O–H groups in total. The van der Waals surface area contributed by atoms with Gasteiger partial charge in [0.1, 0.15) is 22.3 Å². The molecule has 0 spiro atoms. The maximum absolute atomic E-state index is 6.87. The van der Waals surface area contributed by atoms with E-state index >= 15 is 0 Å². The number of para-hydroxylation sites is 8. The molecular weight excluding hydrogens is 1440 g/mol. The predicted octanol–water partition coefficient (Wildman–Crippen LogP) is 32.5. The molecule has 0 aliphatic rings. The van der Waals surface area contributed by atoms with E-state index in [0.29, 0.717) is 0 Å². The van der Waals surface area contributed by atoms with Crippen molar-refractivity contribution in [3.8, 4) is 49.8 Å². The molecule has 0 bridgehead atoms. The average Bonchev–Trinajstić information content (AvgIpc) is 1.56. The molecule has 0 fully saturated rings. The summed E-state index contributed by atoms with van der Waals surface area (Å²) in [7, 11) is -1.39. The van der Waals surface area contributed by atoms with Crippen molar-refractivity contribution >= 4 is 148 Å². The Morgan fingerprint density at radius 1 is 0.191 bits per heavy atom. The SMILES string of the molecule is Cp1c2ccc(-c3ccc(N(c4ccccc4)c4ccccc4)cc3)cc2c2oc3ccc(-c4ccc(N(c5ccccc5)c5ccccc5)cc4)cc3c21.c1ccc(N(c2ccccc2)c2ccc(-c3ccc4c(c3)c3oc5ccc(-c6ccc(N(c7ccccc7)c7ccccc7)cc6)cc5c3p4-c3ccccc3)cc2)cc1. The first-order chi connectivity index (χ1) is 57.0.